The first kappa shape index (κ1) is 23.1. The molecule has 5 rings (SSSR count). The van der Waals surface area contributed by atoms with Crippen LogP contribution in [-0.2, 0) is 11.3 Å². The van der Waals surface area contributed by atoms with Gasteiger partial charge in [-0.3, -0.25) is 0 Å². The monoisotopic (exact) mass is 460 g/mol. The Labute approximate surface area is 202 Å². The fourth-order valence-corrected chi connectivity index (χ4v) is 5.29. The highest BCUT2D eigenvalue weighted by Crippen LogP contribution is 2.23. The van der Waals surface area contributed by atoms with Crippen LogP contribution >= 0.6 is 0 Å². The highest BCUT2D eigenvalue weighted by atomic mass is 16.5. The fraction of sp³-hybridized carbons (Fsp3) is 0.464. The Morgan fingerprint density at radius 2 is 1.41 bits per heavy atom. The Hall–Kier alpha value is -2.67. The topological polar surface area (TPSA) is 41.0 Å². The number of carbonyl (C=O) groups is 1. The Kier molecular flexibility index (Phi) is 7.59. The molecular weight excluding hydrogens is 424 g/mol. The van der Waals surface area contributed by atoms with Crippen LogP contribution in [0.3, 0.4) is 0 Å². The molecule has 2 aliphatic heterocycles. The van der Waals surface area contributed by atoms with Crippen LogP contribution in [0.25, 0.3) is 10.9 Å². The molecule has 180 valence electrons. The van der Waals surface area contributed by atoms with E-state index in [0.29, 0.717) is 25.4 Å². The Bertz CT molecular complexity index is 1050. The summed E-state index contributed by atoms with van der Waals surface area (Å²) in [4.78, 5) is 13.3. The van der Waals surface area contributed by atoms with Crippen LogP contribution < -0.4 is 0 Å². The number of hydrogen-bond acceptors (Lipinski definition) is 5. The summed E-state index contributed by atoms with van der Waals surface area (Å²) in [6.45, 7) is 6.12. The van der Waals surface area contributed by atoms with Crippen LogP contribution in [0.2, 0.25) is 0 Å². The van der Waals surface area contributed by atoms with Gasteiger partial charge in [-0.2, -0.15) is 5.12 Å². The van der Waals surface area contributed by atoms with E-state index in [-0.39, 0.29) is 5.97 Å². The van der Waals surface area contributed by atoms with Crippen LogP contribution in [0.15, 0.2) is 60.7 Å². The molecule has 0 saturated carbocycles. The van der Waals surface area contributed by atoms with Crippen molar-refractivity contribution < 1.29 is 9.53 Å². The molecule has 0 aliphatic carbocycles. The van der Waals surface area contributed by atoms with E-state index in [9.17, 15) is 4.79 Å². The number of fused-ring (bicyclic) bond motifs is 1. The lowest BCUT2D eigenvalue weighted by atomic mass is 10.1. The molecule has 1 aromatic heterocycles. The summed E-state index contributed by atoms with van der Waals surface area (Å²) in [5.41, 5.74) is 2.84. The minimum absolute atomic E-state index is 0.246. The molecule has 2 aliphatic rings. The van der Waals surface area contributed by atoms with Crippen LogP contribution in [0.5, 0.6) is 0 Å². The van der Waals surface area contributed by atoms with E-state index in [0.717, 1.165) is 37.1 Å². The van der Waals surface area contributed by atoms with Gasteiger partial charge in [-0.25, -0.2) is 14.8 Å². The van der Waals surface area contributed by atoms with Crippen LogP contribution in [0.4, 0.5) is 0 Å². The molecule has 2 aromatic carbocycles. The molecule has 0 bridgehead atoms. The first-order valence-corrected chi connectivity index (χ1v) is 12.9. The molecule has 0 atom stereocenters. The van der Waals surface area contributed by atoms with Crippen molar-refractivity contribution >= 4 is 16.9 Å². The molecule has 6 nitrogen and oxygen atoms in total. The van der Waals surface area contributed by atoms with Crippen LogP contribution in [0.1, 0.15) is 54.6 Å². The third-order valence-corrected chi connectivity index (χ3v) is 7.05. The van der Waals surface area contributed by atoms with Gasteiger partial charge in [0.1, 0.15) is 12.3 Å². The second kappa shape index (κ2) is 11.2. The molecule has 3 aromatic rings. The highest BCUT2D eigenvalue weighted by molar-refractivity contribution is 5.95. The summed E-state index contributed by atoms with van der Waals surface area (Å²) in [7, 11) is 0. The molecule has 6 heteroatoms. The molecule has 0 amide bonds. The second-order valence-corrected chi connectivity index (χ2v) is 9.42. The number of ether oxygens (including phenoxy) is 1. The van der Waals surface area contributed by atoms with Crippen molar-refractivity contribution in [2.75, 3.05) is 39.3 Å². The van der Waals surface area contributed by atoms with Crippen LogP contribution in [-0.4, -0.2) is 65.0 Å². The Morgan fingerprint density at radius 1 is 0.794 bits per heavy atom. The molecule has 0 unspecified atom stereocenters. The van der Waals surface area contributed by atoms with Gasteiger partial charge >= 0.3 is 5.97 Å². The summed E-state index contributed by atoms with van der Waals surface area (Å²) < 4.78 is 7.98. The van der Waals surface area contributed by atoms with Gasteiger partial charge in [0, 0.05) is 43.6 Å². The summed E-state index contributed by atoms with van der Waals surface area (Å²) in [5.74, 6) is -0.246. The number of hydrazine groups is 2. The van der Waals surface area contributed by atoms with Crippen molar-refractivity contribution in [2.45, 2.75) is 45.1 Å². The molecule has 34 heavy (non-hydrogen) atoms. The number of rotatable bonds is 8. The van der Waals surface area contributed by atoms with Gasteiger partial charge in [-0.05, 0) is 43.4 Å². The Balaban J connectivity index is 1.29. The first-order chi connectivity index (χ1) is 16.8. The molecule has 0 spiro atoms. The first-order valence-electron chi connectivity index (χ1n) is 12.9. The van der Waals surface area contributed by atoms with Gasteiger partial charge in [0.25, 0.3) is 0 Å². The SMILES string of the molecule is O=C(OCCN(N1CCCCC1)N1CCCCC1)c1cc2ccccc2n1Cc1ccccc1. The number of benzene rings is 2. The number of hydrogen-bond donors (Lipinski definition) is 0. The predicted octanol–water partition coefficient (Wildman–Crippen LogP) is 4.95. The van der Waals surface area contributed by atoms with Gasteiger partial charge in [0.15, 0.2) is 0 Å². The normalized spacial score (nSPS) is 17.9. The van der Waals surface area contributed by atoms with Gasteiger partial charge in [0.2, 0.25) is 0 Å². The molecule has 0 radical (unpaired) electrons. The van der Waals surface area contributed by atoms with E-state index in [4.69, 9.17) is 4.74 Å². The van der Waals surface area contributed by atoms with Gasteiger partial charge in [0.05, 0.1) is 6.54 Å². The zero-order valence-corrected chi connectivity index (χ0v) is 20.1. The minimum atomic E-state index is -0.246. The van der Waals surface area contributed by atoms with Gasteiger partial charge in [-0.1, -0.05) is 61.4 Å². The maximum absolute atomic E-state index is 13.3. The van der Waals surface area contributed by atoms with Gasteiger partial charge < -0.3 is 9.30 Å². The Morgan fingerprint density at radius 3 is 2.09 bits per heavy atom. The van der Waals surface area contributed by atoms with E-state index in [1.807, 2.05) is 36.4 Å². The largest absolute Gasteiger partial charge is 0.460 e. The van der Waals surface area contributed by atoms with E-state index < -0.39 is 0 Å². The second-order valence-electron chi connectivity index (χ2n) is 9.42. The minimum Gasteiger partial charge on any atom is -0.460 e. The van der Waals surface area contributed by atoms with Crippen molar-refractivity contribution in [2.24, 2.45) is 0 Å². The standard InChI is InChI=1S/C28H36N4O2/c33-28(34-21-20-32(29-16-8-2-9-17-29)30-18-10-3-11-19-30)27-22-25-14-6-7-15-26(25)31(27)23-24-12-4-1-5-13-24/h1,4-7,12-15,22H,2-3,8-11,16-21,23H2. The number of nitrogens with zero attached hydrogens (tertiary/aromatic N) is 4. The number of esters is 1. The lowest BCUT2D eigenvalue weighted by Gasteiger charge is -2.45. The fourth-order valence-electron chi connectivity index (χ4n) is 5.29. The lowest BCUT2D eigenvalue weighted by Crippen LogP contribution is -2.57. The molecule has 3 heterocycles. The smallest absolute Gasteiger partial charge is 0.355 e. The summed E-state index contributed by atoms with van der Waals surface area (Å²) in [6, 6.07) is 20.4. The lowest BCUT2D eigenvalue weighted by molar-refractivity contribution is -0.201. The number of carbonyl (C=O) groups excluding carboxylic acids is 1. The quantitative estimate of drug-likeness (QED) is 0.445. The number of piperidine rings is 2. The third-order valence-electron chi connectivity index (χ3n) is 7.05. The van der Waals surface area contributed by atoms with E-state index in [1.54, 1.807) is 0 Å². The van der Waals surface area contributed by atoms with Gasteiger partial charge in [-0.15, -0.1) is 0 Å². The molecule has 0 N–H and O–H groups in total. The maximum atomic E-state index is 13.3. The van der Waals surface area contributed by atoms with Crippen molar-refractivity contribution in [3.8, 4) is 0 Å². The summed E-state index contributed by atoms with van der Waals surface area (Å²) in [5, 5.41) is 8.38. The zero-order valence-electron chi connectivity index (χ0n) is 20.1. The van der Waals surface area contributed by atoms with E-state index in [2.05, 4.69) is 44.0 Å². The predicted molar refractivity (Wildman–Crippen MR) is 135 cm³/mol. The molecular formula is C28H36N4O2. The van der Waals surface area contributed by atoms with E-state index >= 15 is 0 Å². The zero-order chi connectivity index (χ0) is 23.2. The van der Waals surface area contributed by atoms with Crippen molar-refractivity contribution in [1.29, 1.82) is 0 Å². The average molecular weight is 461 g/mol. The van der Waals surface area contributed by atoms with E-state index in [1.165, 1.54) is 44.1 Å². The highest BCUT2D eigenvalue weighted by Gasteiger charge is 2.26. The van der Waals surface area contributed by atoms with Crippen LogP contribution in [0, 0.1) is 0 Å². The summed E-state index contributed by atoms with van der Waals surface area (Å²) >= 11 is 0. The van der Waals surface area contributed by atoms with Crippen molar-refractivity contribution in [3.63, 3.8) is 0 Å². The molecule has 2 fully saturated rings. The van der Waals surface area contributed by atoms with Crippen molar-refractivity contribution in [1.82, 2.24) is 19.7 Å². The summed E-state index contributed by atoms with van der Waals surface area (Å²) in [6.07, 6.45) is 7.58. The van der Waals surface area contributed by atoms with Crippen molar-refractivity contribution in [3.05, 3.63) is 71.9 Å². The number of aromatic nitrogens is 1. The average Bonchev–Trinajstić information content (AvgIpc) is 3.26. The number of para-hydroxylation sites is 1. The third kappa shape index (κ3) is 5.35. The maximum Gasteiger partial charge on any atom is 0.355 e. The molecule has 2 saturated heterocycles.